The highest BCUT2D eigenvalue weighted by molar-refractivity contribution is 5.33. The lowest BCUT2D eigenvalue weighted by Crippen LogP contribution is -2.25. The number of phenolic OH excluding ortho intramolecular Hbond substituents is 1. The molecule has 1 aromatic carbocycles. The largest absolute Gasteiger partial charge is 0.508 e. The number of nitrogens with zero attached hydrogens (tertiary/aromatic N) is 3. The van der Waals surface area contributed by atoms with Gasteiger partial charge in [-0.15, -0.1) is 0 Å². The summed E-state index contributed by atoms with van der Waals surface area (Å²) in [6.07, 6.45) is 1.70. The molecular formula is C13H15N3O2. The van der Waals surface area contributed by atoms with Gasteiger partial charge in [0, 0.05) is 18.4 Å². The van der Waals surface area contributed by atoms with Crippen LogP contribution < -0.4 is 0 Å². The normalized spacial score (nSPS) is 18.6. The van der Waals surface area contributed by atoms with E-state index in [-0.39, 0.29) is 11.9 Å². The zero-order chi connectivity index (χ0) is 12.5. The summed E-state index contributed by atoms with van der Waals surface area (Å²) >= 11 is 0. The first kappa shape index (κ1) is 11.2. The van der Waals surface area contributed by atoms with Gasteiger partial charge in [0.1, 0.15) is 11.6 Å². The Kier molecular flexibility index (Phi) is 2.76. The number of fused-ring (bicyclic) bond motifs is 1. The van der Waals surface area contributed by atoms with Gasteiger partial charge in [-0.05, 0) is 12.5 Å². The van der Waals surface area contributed by atoms with Crippen LogP contribution in [0.5, 0.6) is 5.75 Å². The summed E-state index contributed by atoms with van der Waals surface area (Å²) in [7, 11) is 0. The fraction of sp³-hybridized carbons (Fsp3) is 0.385. The Morgan fingerprint density at radius 2 is 2.17 bits per heavy atom. The molecule has 2 aromatic rings. The molecule has 1 aliphatic heterocycles. The molecule has 0 amide bonds. The summed E-state index contributed by atoms with van der Waals surface area (Å²) in [5.41, 5.74) is 0.820. The lowest BCUT2D eigenvalue weighted by atomic mass is 10.1. The summed E-state index contributed by atoms with van der Waals surface area (Å²) in [5.74, 6) is 1.89. The van der Waals surface area contributed by atoms with Gasteiger partial charge in [0.15, 0.2) is 5.82 Å². The predicted molar refractivity (Wildman–Crippen MR) is 65.3 cm³/mol. The van der Waals surface area contributed by atoms with Crippen molar-refractivity contribution in [3.63, 3.8) is 0 Å². The van der Waals surface area contributed by atoms with Gasteiger partial charge in [-0.25, -0.2) is 9.67 Å². The molecule has 94 valence electrons. The van der Waals surface area contributed by atoms with Crippen LogP contribution in [0.15, 0.2) is 24.3 Å². The van der Waals surface area contributed by atoms with Crippen LogP contribution >= 0.6 is 0 Å². The molecule has 0 aliphatic carbocycles. The number of aromatic nitrogens is 3. The van der Waals surface area contributed by atoms with Crippen molar-refractivity contribution in [2.45, 2.75) is 31.9 Å². The Balaban J connectivity index is 1.84. The summed E-state index contributed by atoms with van der Waals surface area (Å²) in [4.78, 5) is 4.45. The third-order valence-electron chi connectivity index (χ3n) is 3.22. The third kappa shape index (κ3) is 2.09. The number of benzene rings is 1. The zero-order valence-electron chi connectivity index (χ0n) is 9.95. The van der Waals surface area contributed by atoms with Crippen LogP contribution in [0.4, 0.5) is 0 Å². The number of phenols is 1. The average Bonchev–Trinajstić information content (AvgIpc) is 2.73. The van der Waals surface area contributed by atoms with Crippen molar-refractivity contribution in [3.05, 3.63) is 41.5 Å². The molecule has 0 radical (unpaired) electrons. The van der Waals surface area contributed by atoms with E-state index < -0.39 is 0 Å². The maximum absolute atomic E-state index is 9.71. The van der Waals surface area contributed by atoms with Crippen molar-refractivity contribution < 1.29 is 10.2 Å². The highest BCUT2D eigenvalue weighted by Crippen LogP contribution is 2.19. The standard InChI is InChI=1S/C13H15N3O2/c17-10-5-6-13-14-12(15-16(13)8-10)7-9-3-1-2-4-11(9)18/h1-4,10,17-18H,5-8H2. The van der Waals surface area contributed by atoms with E-state index >= 15 is 0 Å². The lowest BCUT2D eigenvalue weighted by molar-refractivity contribution is 0.124. The van der Waals surface area contributed by atoms with Crippen LogP contribution in [0.25, 0.3) is 0 Å². The molecule has 5 nitrogen and oxygen atoms in total. The van der Waals surface area contributed by atoms with Crippen molar-refractivity contribution in [1.29, 1.82) is 0 Å². The van der Waals surface area contributed by atoms with Crippen LogP contribution in [-0.4, -0.2) is 31.1 Å². The maximum Gasteiger partial charge on any atom is 0.155 e. The molecule has 0 spiro atoms. The van der Waals surface area contributed by atoms with Crippen molar-refractivity contribution in [3.8, 4) is 5.75 Å². The molecule has 0 fully saturated rings. The Labute approximate surface area is 105 Å². The second kappa shape index (κ2) is 4.42. The van der Waals surface area contributed by atoms with E-state index in [2.05, 4.69) is 10.1 Å². The van der Waals surface area contributed by atoms with E-state index in [4.69, 9.17) is 0 Å². The molecule has 3 rings (SSSR count). The van der Waals surface area contributed by atoms with Crippen LogP contribution in [0.1, 0.15) is 23.6 Å². The Morgan fingerprint density at radius 1 is 1.33 bits per heavy atom. The highest BCUT2D eigenvalue weighted by atomic mass is 16.3. The SMILES string of the molecule is Oc1ccccc1Cc1nc2n(n1)CC(O)CC2. The van der Waals surface area contributed by atoms with Gasteiger partial charge < -0.3 is 10.2 Å². The van der Waals surface area contributed by atoms with Gasteiger partial charge >= 0.3 is 0 Å². The van der Waals surface area contributed by atoms with E-state index in [1.54, 1.807) is 16.8 Å². The van der Waals surface area contributed by atoms with Crippen molar-refractivity contribution in [2.75, 3.05) is 0 Å². The lowest BCUT2D eigenvalue weighted by Gasteiger charge is -2.16. The number of para-hydroxylation sites is 1. The Morgan fingerprint density at radius 3 is 3.00 bits per heavy atom. The first-order valence-electron chi connectivity index (χ1n) is 6.10. The molecule has 1 aliphatic rings. The van der Waals surface area contributed by atoms with Crippen molar-refractivity contribution in [2.24, 2.45) is 0 Å². The molecular weight excluding hydrogens is 230 g/mol. The number of aryl methyl sites for hydroxylation is 1. The molecule has 0 saturated heterocycles. The van der Waals surface area contributed by atoms with Gasteiger partial charge in [0.2, 0.25) is 0 Å². The van der Waals surface area contributed by atoms with E-state index in [0.717, 1.165) is 24.2 Å². The quantitative estimate of drug-likeness (QED) is 0.824. The zero-order valence-corrected chi connectivity index (χ0v) is 9.95. The van der Waals surface area contributed by atoms with Crippen LogP contribution in [0, 0.1) is 0 Å². The molecule has 0 bridgehead atoms. The molecule has 2 N–H and O–H groups in total. The predicted octanol–water partition coefficient (Wildman–Crippen LogP) is 0.882. The summed E-state index contributed by atoms with van der Waals surface area (Å²) in [6, 6.07) is 7.20. The van der Waals surface area contributed by atoms with E-state index in [0.29, 0.717) is 18.8 Å². The second-order valence-corrected chi connectivity index (χ2v) is 4.62. The van der Waals surface area contributed by atoms with Gasteiger partial charge in [-0.1, -0.05) is 18.2 Å². The van der Waals surface area contributed by atoms with Crippen LogP contribution in [-0.2, 0) is 19.4 Å². The van der Waals surface area contributed by atoms with Crippen molar-refractivity contribution >= 4 is 0 Å². The average molecular weight is 245 g/mol. The van der Waals surface area contributed by atoms with E-state index in [1.807, 2.05) is 12.1 Å². The topological polar surface area (TPSA) is 71.2 Å². The number of aliphatic hydroxyl groups is 1. The molecule has 5 heteroatoms. The van der Waals surface area contributed by atoms with Gasteiger partial charge in [0.25, 0.3) is 0 Å². The van der Waals surface area contributed by atoms with Crippen molar-refractivity contribution in [1.82, 2.24) is 14.8 Å². The number of aromatic hydroxyl groups is 1. The molecule has 2 heterocycles. The smallest absolute Gasteiger partial charge is 0.155 e. The number of rotatable bonds is 2. The molecule has 0 saturated carbocycles. The molecule has 1 atom stereocenters. The van der Waals surface area contributed by atoms with Gasteiger partial charge in [-0.2, -0.15) is 5.10 Å². The minimum atomic E-state index is -0.322. The number of hydrogen-bond donors (Lipinski definition) is 2. The van der Waals surface area contributed by atoms with Crippen LogP contribution in [0.3, 0.4) is 0 Å². The van der Waals surface area contributed by atoms with Gasteiger partial charge in [-0.3, -0.25) is 0 Å². The first-order valence-corrected chi connectivity index (χ1v) is 6.10. The fourth-order valence-electron chi connectivity index (χ4n) is 2.25. The Bertz CT molecular complexity index is 565. The Hall–Kier alpha value is -1.88. The highest BCUT2D eigenvalue weighted by Gasteiger charge is 2.19. The fourth-order valence-corrected chi connectivity index (χ4v) is 2.25. The minimum Gasteiger partial charge on any atom is -0.508 e. The molecule has 18 heavy (non-hydrogen) atoms. The second-order valence-electron chi connectivity index (χ2n) is 4.62. The monoisotopic (exact) mass is 245 g/mol. The molecule has 1 aromatic heterocycles. The third-order valence-corrected chi connectivity index (χ3v) is 3.22. The summed E-state index contributed by atoms with van der Waals surface area (Å²) < 4.78 is 1.77. The number of aliphatic hydroxyl groups excluding tert-OH is 1. The van der Waals surface area contributed by atoms with Gasteiger partial charge in [0.05, 0.1) is 12.6 Å². The maximum atomic E-state index is 9.71. The first-order chi connectivity index (χ1) is 8.72. The summed E-state index contributed by atoms with van der Waals surface area (Å²) in [5, 5.41) is 23.7. The summed E-state index contributed by atoms with van der Waals surface area (Å²) in [6.45, 7) is 0.517. The minimum absolute atomic E-state index is 0.269. The molecule has 1 unspecified atom stereocenters. The number of hydrogen-bond acceptors (Lipinski definition) is 4. The van der Waals surface area contributed by atoms with E-state index in [9.17, 15) is 10.2 Å². The van der Waals surface area contributed by atoms with E-state index in [1.165, 1.54) is 0 Å². The van der Waals surface area contributed by atoms with Crippen LogP contribution in [0.2, 0.25) is 0 Å².